The van der Waals surface area contributed by atoms with E-state index >= 15 is 4.79 Å². The van der Waals surface area contributed by atoms with Crippen LogP contribution in [0.15, 0.2) is 66.2 Å². The van der Waals surface area contributed by atoms with Crippen LogP contribution < -0.4 is 19.6 Å². The standard InChI is InChI=1S/C36H33Cl2N3O8/c1-40-32(43)22-11-10-21-23(29(22)34(40)45)16-24-33(44)41(39-26-12-7-18(37)13-25(26)38)35(46)36(24,17-5-8-20(47-2)9-6-17)31(21)30-27(48-3)14-19(42)15-28(30)49-4/h5-10,12-15,22-24,29,31,39,42H,11,16H2,1-4H3. The summed E-state index contributed by atoms with van der Waals surface area (Å²) in [6, 6.07) is 14.5. The minimum absolute atomic E-state index is 0.0994. The summed E-state index contributed by atoms with van der Waals surface area (Å²) in [7, 11) is 5.88. The molecule has 2 aliphatic carbocycles. The van der Waals surface area contributed by atoms with Crippen molar-refractivity contribution in [2.24, 2.45) is 23.7 Å². The van der Waals surface area contributed by atoms with Crippen LogP contribution >= 0.6 is 23.2 Å². The van der Waals surface area contributed by atoms with Crippen molar-refractivity contribution in [3.63, 3.8) is 0 Å². The number of aromatic hydroxyl groups is 1. The van der Waals surface area contributed by atoms with Gasteiger partial charge in [-0.2, -0.15) is 5.01 Å². The average Bonchev–Trinajstić information content (AvgIpc) is 3.45. The number of amides is 4. The van der Waals surface area contributed by atoms with Crippen molar-refractivity contribution in [3.8, 4) is 23.0 Å². The number of hydrogen-bond donors (Lipinski definition) is 2. The molecule has 0 bridgehead atoms. The van der Waals surface area contributed by atoms with Gasteiger partial charge in [0.15, 0.2) is 0 Å². The SMILES string of the molecule is COc1ccc(C23C(=O)N(Nc4ccc(Cl)cc4Cl)C(=O)C2CC2C(=CCC4C(=O)N(C)C(=O)C42)C3c2c(OC)cc(O)cc2OC)cc1. The van der Waals surface area contributed by atoms with Gasteiger partial charge < -0.3 is 19.3 Å². The van der Waals surface area contributed by atoms with Gasteiger partial charge in [0.25, 0.3) is 11.8 Å². The number of carbonyl (C=O) groups is 4. The number of rotatable bonds is 7. The number of carbonyl (C=O) groups excluding carboxylic acids is 4. The maximum atomic E-state index is 15.4. The van der Waals surface area contributed by atoms with E-state index in [1.165, 1.54) is 46.6 Å². The van der Waals surface area contributed by atoms with Crippen LogP contribution in [0.2, 0.25) is 10.0 Å². The highest BCUT2D eigenvalue weighted by molar-refractivity contribution is 6.36. The van der Waals surface area contributed by atoms with Crippen LogP contribution in [0, 0.1) is 23.7 Å². The monoisotopic (exact) mass is 705 g/mol. The number of phenols is 1. The molecule has 2 aliphatic heterocycles. The quantitative estimate of drug-likeness (QED) is 0.247. The molecule has 3 fully saturated rings. The molecule has 3 aromatic carbocycles. The summed E-state index contributed by atoms with van der Waals surface area (Å²) in [6.07, 6.45) is 2.29. The lowest BCUT2D eigenvalue weighted by Gasteiger charge is -2.51. The summed E-state index contributed by atoms with van der Waals surface area (Å²) in [5.74, 6) is -4.78. The van der Waals surface area contributed by atoms with Gasteiger partial charge in [0, 0.05) is 35.7 Å². The van der Waals surface area contributed by atoms with E-state index < -0.39 is 46.8 Å². The summed E-state index contributed by atoms with van der Waals surface area (Å²) in [4.78, 5) is 58.4. The second-order valence-corrected chi connectivity index (χ2v) is 13.6. The third kappa shape index (κ3) is 4.69. The highest BCUT2D eigenvalue weighted by atomic mass is 35.5. The number of imide groups is 2. The Morgan fingerprint density at radius 3 is 2.14 bits per heavy atom. The number of allylic oxidation sites excluding steroid dienone is 2. The first kappa shape index (κ1) is 32.8. The van der Waals surface area contributed by atoms with Crippen molar-refractivity contribution in [1.82, 2.24) is 9.91 Å². The van der Waals surface area contributed by atoms with Crippen LogP contribution in [0.4, 0.5) is 5.69 Å². The van der Waals surface area contributed by atoms with Crippen LogP contribution in [0.5, 0.6) is 23.0 Å². The lowest BCUT2D eigenvalue weighted by Crippen LogP contribution is -2.53. The van der Waals surface area contributed by atoms with E-state index in [0.29, 0.717) is 27.5 Å². The fourth-order valence-corrected chi connectivity index (χ4v) is 8.98. The van der Waals surface area contributed by atoms with Crippen molar-refractivity contribution in [2.45, 2.75) is 24.2 Å². The molecule has 1 saturated carbocycles. The lowest BCUT2D eigenvalue weighted by molar-refractivity contribution is -0.140. The number of halogens is 2. The number of fused-ring (bicyclic) bond motifs is 4. The van der Waals surface area contributed by atoms with E-state index in [-0.39, 0.29) is 52.6 Å². The number of methoxy groups -OCH3 is 3. The second kappa shape index (κ2) is 12.0. The van der Waals surface area contributed by atoms with E-state index in [1.807, 2.05) is 6.08 Å². The van der Waals surface area contributed by atoms with E-state index in [9.17, 15) is 19.5 Å². The smallest absolute Gasteiger partial charge is 0.260 e. The number of anilines is 1. The maximum absolute atomic E-state index is 15.4. The van der Waals surface area contributed by atoms with Crippen LogP contribution in [-0.2, 0) is 24.6 Å². The van der Waals surface area contributed by atoms with E-state index in [4.69, 9.17) is 37.4 Å². The van der Waals surface area contributed by atoms with Gasteiger partial charge in [0.1, 0.15) is 23.0 Å². The van der Waals surface area contributed by atoms with Gasteiger partial charge >= 0.3 is 0 Å². The largest absolute Gasteiger partial charge is 0.508 e. The molecule has 2 heterocycles. The van der Waals surface area contributed by atoms with Crippen LogP contribution in [0.25, 0.3) is 0 Å². The molecule has 2 N–H and O–H groups in total. The number of ether oxygens (including phenoxy) is 3. The number of hydrazine groups is 1. The number of phenolic OH excluding ortho intramolecular Hbond substituents is 1. The molecule has 7 rings (SSSR count). The first-order chi connectivity index (χ1) is 23.5. The molecule has 0 aromatic heterocycles. The second-order valence-electron chi connectivity index (χ2n) is 12.7. The van der Waals surface area contributed by atoms with Crippen LogP contribution in [0.3, 0.4) is 0 Å². The molecule has 11 nitrogen and oxygen atoms in total. The zero-order valence-corrected chi connectivity index (χ0v) is 28.5. The topological polar surface area (TPSA) is 135 Å². The highest BCUT2D eigenvalue weighted by Gasteiger charge is 2.71. The molecule has 0 spiro atoms. The Kier molecular flexibility index (Phi) is 8.03. The zero-order valence-electron chi connectivity index (χ0n) is 27.0. The Bertz CT molecular complexity index is 1920. The average molecular weight is 707 g/mol. The first-order valence-electron chi connectivity index (χ1n) is 15.7. The van der Waals surface area contributed by atoms with E-state index in [2.05, 4.69) is 5.43 Å². The predicted molar refractivity (Wildman–Crippen MR) is 180 cm³/mol. The van der Waals surface area contributed by atoms with E-state index in [0.717, 1.165) is 9.91 Å². The predicted octanol–water partition coefficient (Wildman–Crippen LogP) is 5.34. The number of likely N-dealkylation sites (tertiary alicyclic amines) is 1. The molecular formula is C36H33Cl2N3O8. The first-order valence-corrected chi connectivity index (χ1v) is 16.4. The normalized spacial score (nSPS) is 27.4. The minimum Gasteiger partial charge on any atom is -0.508 e. The molecule has 2 saturated heterocycles. The van der Waals surface area contributed by atoms with Gasteiger partial charge in [-0.1, -0.05) is 47.0 Å². The number of nitrogens with one attached hydrogen (secondary N) is 1. The third-order valence-electron chi connectivity index (χ3n) is 10.6. The van der Waals surface area contributed by atoms with Crippen LogP contribution in [0.1, 0.15) is 29.9 Å². The fraction of sp³-hybridized carbons (Fsp3) is 0.333. The van der Waals surface area contributed by atoms with Crippen molar-refractivity contribution >= 4 is 52.5 Å². The molecule has 6 atom stereocenters. The Labute approximate surface area is 292 Å². The van der Waals surface area contributed by atoms with Crippen molar-refractivity contribution in [1.29, 1.82) is 0 Å². The van der Waals surface area contributed by atoms with Gasteiger partial charge in [-0.3, -0.25) is 29.5 Å². The summed E-state index contributed by atoms with van der Waals surface area (Å²) in [5, 5.41) is 12.2. The summed E-state index contributed by atoms with van der Waals surface area (Å²) in [6.45, 7) is 0. The number of hydrogen-bond acceptors (Lipinski definition) is 9. The van der Waals surface area contributed by atoms with Crippen molar-refractivity contribution in [3.05, 3.63) is 87.4 Å². The molecule has 13 heteroatoms. The molecule has 49 heavy (non-hydrogen) atoms. The molecule has 254 valence electrons. The Morgan fingerprint density at radius 1 is 0.857 bits per heavy atom. The fourth-order valence-electron chi connectivity index (χ4n) is 8.52. The van der Waals surface area contributed by atoms with Gasteiger partial charge in [0.2, 0.25) is 11.8 Å². The van der Waals surface area contributed by atoms with E-state index in [1.54, 1.807) is 36.4 Å². The maximum Gasteiger partial charge on any atom is 0.260 e. The third-order valence-corrected chi connectivity index (χ3v) is 11.2. The molecular weight excluding hydrogens is 673 g/mol. The number of nitrogens with zero attached hydrogens (tertiary/aromatic N) is 2. The number of benzene rings is 3. The molecule has 4 amide bonds. The summed E-state index contributed by atoms with van der Waals surface area (Å²) in [5.41, 5.74) is 3.25. The molecule has 6 unspecified atom stereocenters. The van der Waals surface area contributed by atoms with Crippen molar-refractivity contribution in [2.75, 3.05) is 33.8 Å². The highest BCUT2D eigenvalue weighted by Crippen LogP contribution is 2.66. The minimum atomic E-state index is -1.63. The Balaban J connectivity index is 1.53. The Morgan fingerprint density at radius 2 is 1.53 bits per heavy atom. The molecule has 0 radical (unpaired) electrons. The summed E-state index contributed by atoms with van der Waals surface area (Å²) < 4.78 is 17.1. The van der Waals surface area contributed by atoms with Crippen LogP contribution in [-0.4, -0.2) is 67.0 Å². The van der Waals surface area contributed by atoms with Gasteiger partial charge in [-0.05, 0) is 54.7 Å². The lowest BCUT2D eigenvalue weighted by atomic mass is 9.49. The molecule has 4 aliphatic rings. The molecule has 3 aromatic rings. The van der Waals surface area contributed by atoms with Gasteiger partial charge in [-0.15, -0.1) is 0 Å². The summed E-state index contributed by atoms with van der Waals surface area (Å²) >= 11 is 12.7. The Hall–Kier alpha value is -4.74. The zero-order chi connectivity index (χ0) is 34.9. The van der Waals surface area contributed by atoms with Gasteiger partial charge in [-0.25, -0.2) is 0 Å². The van der Waals surface area contributed by atoms with Crippen molar-refractivity contribution < 1.29 is 38.5 Å². The van der Waals surface area contributed by atoms with Gasteiger partial charge in [0.05, 0.1) is 55.2 Å².